The summed E-state index contributed by atoms with van der Waals surface area (Å²) in [6, 6.07) is 0. The van der Waals surface area contributed by atoms with E-state index in [0.29, 0.717) is 31.1 Å². The quantitative estimate of drug-likeness (QED) is 0.600. The fourth-order valence-electron chi connectivity index (χ4n) is 5.33. The highest BCUT2D eigenvalue weighted by Crippen LogP contribution is 2.46. The number of esters is 2. The second kappa shape index (κ2) is 9.09. The maximum atomic E-state index is 12.9. The highest BCUT2D eigenvalue weighted by Gasteiger charge is 2.46. The minimum atomic E-state index is -1.00. The third-order valence-electron chi connectivity index (χ3n) is 7.60. The van der Waals surface area contributed by atoms with Gasteiger partial charge in [-0.15, -0.1) is 0 Å². The van der Waals surface area contributed by atoms with E-state index in [0.717, 1.165) is 24.8 Å². The largest absolute Gasteiger partial charge is 0.462 e. The summed E-state index contributed by atoms with van der Waals surface area (Å²) >= 11 is 0. The van der Waals surface area contributed by atoms with Gasteiger partial charge in [-0.05, 0) is 75.9 Å². The summed E-state index contributed by atoms with van der Waals surface area (Å²) in [5.74, 6) is 0.707. The maximum Gasteiger partial charge on any atom is 0.311 e. The zero-order chi connectivity index (χ0) is 23.0. The van der Waals surface area contributed by atoms with Crippen LogP contribution in [0.15, 0.2) is 23.8 Å². The van der Waals surface area contributed by atoms with Crippen molar-refractivity contribution in [2.24, 2.45) is 29.1 Å². The Morgan fingerprint density at radius 2 is 2.03 bits per heavy atom. The monoisotopic (exact) mass is 432 g/mol. The number of allylic oxidation sites excluding steroid dienone is 2. The van der Waals surface area contributed by atoms with E-state index in [1.54, 1.807) is 6.92 Å². The second-order valence-corrected chi connectivity index (χ2v) is 11.0. The van der Waals surface area contributed by atoms with E-state index in [1.807, 2.05) is 26.8 Å². The van der Waals surface area contributed by atoms with Crippen molar-refractivity contribution in [1.29, 1.82) is 0 Å². The highest BCUT2D eigenvalue weighted by molar-refractivity contribution is 5.76. The number of hydrogen-bond donors (Lipinski definition) is 1. The van der Waals surface area contributed by atoms with Crippen molar-refractivity contribution >= 4 is 11.9 Å². The van der Waals surface area contributed by atoms with Crippen LogP contribution in [0.3, 0.4) is 0 Å². The highest BCUT2D eigenvalue weighted by atomic mass is 16.5. The van der Waals surface area contributed by atoms with Crippen molar-refractivity contribution in [3.63, 3.8) is 0 Å². The van der Waals surface area contributed by atoms with Crippen LogP contribution in [0, 0.1) is 29.1 Å². The van der Waals surface area contributed by atoms with Gasteiger partial charge in [-0.25, -0.2) is 0 Å². The molecule has 1 heterocycles. The van der Waals surface area contributed by atoms with Crippen LogP contribution in [0.5, 0.6) is 0 Å². The van der Waals surface area contributed by atoms with Crippen LogP contribution in [0.4, 0.5) is 0 Å². The minimum Gasteiger partial charge on any atom is -0.462 e. The first-order valence-electron chi connectivity index (χ1n) is 12.0. The topological polar surface area (TPSA) is 72.8 Å². The Hall–Kier alpha value is -1.62. The van der Waals surface area contributed by atoms with Crippen LogP contribution in [0.2, 0.25) is 0 Å². The van der Waals surface area contributed by atoms with Gasteiger partial charge >= 0.3 is 11.9 Å². The van der Waals surface area contributed by atoms with Crippen LogP contribution in [0.1, 0.15) is 80.1 Å². The van der Waals surface area contributed by atoms with Crippen LogP contribution >= 0.6 is 0 Å². The van der Waals surface area contributed by atoms with Gasteiger partial charge < -0.3 is 14.6 Å². The molecule has 31 heavy (non-hydrogen) atoms. The Bertz CT molecular complexity index is 747. The molecule has 3 aliphatic rings. The van der Waals surface area contributed by atoms with Gasteiger partial charge in [-0.2, -0.15) is 0 Å². The molecule has 0 saturated carbocycles. The first kappa shape index (κ1) is 24.0. The Morgan fingerprint density at radius 3 is 2.68 bits per heavy atom. The Labute approximate surface area is 187 Å². The number of aliphatic hydroxyl groups is 1. The van der Waals surface area contributed by atoms with E-state index in [4.69, 9.17) is 9.47 Å². The molecule has 2 aliphatic carbocycles. The minimum absolute atomic E-state index is 0.0338. The molecule has 0 aromatic carbocycles. The van der Waals surface area contributed by atoms with Gasteiger partial charge in [0, 0.05) is 18.8 Å². The molecule has 0 amide bonds. The predicted molar refractivity (Wildman–Crippen MR) is 120 cm³/mol. The van der Waals surface area contributed by atoms with Gasteiger partial charge in [0.05, 0.1) is 11.0 Å². The lowest BCUT2D eigenvalue weighted by Gasteiger charge is -2.46. The van der Waals surface area contributed by atoms with Crippen molar-refractivity contribution in [3.05, 3.63) is 23.8 Å². The molecular weight excluding hydrogens is 392 g/mol. The van der Waals surface area contributed by atoms with Crippen molar-refractivity contribution in [1.82, 2.24) is 0 Å². The molecule has 1 aliphatic heterocycles. The average Bonchev–Trinajstić information content (AvgIpc) is 2.66. The predicted octanol–water partition coefficient (Wildman–Crippen LogP) is 4.98. The summed E-state index contributed by atoms with van der Waals surface area (Å²) < 4.78 is 11.7. The molecule has 0 spiro atoms. The lowest BCUT2D eigenvalue weighted by atomic mass is 9.64. The van der Waals surface area contributed by atoms with Crippen LogP contribution < -0.4 is 0 Å². The Morgan fingerprint density at radius 1 is 1.32 bits per heavy atom. The van der Waals surface area contributed by atoms with E-state index >= 15 is 0 Å². The summed E-state index contributed by atoms with van der Waals surface area (Å²) in [4.78, 5) is 24.8. The van der Waals surface area contributed by atoms with Crippen LogP contribution in [-0.2, 0) is 19.1 Å². The average molecular weight is 433 g/mol. The van der Waals surface area contributed by atoms with E-state index in [2.05, 4.69) is 26.0 Å². The summed E-state index contributed by atoms with van der Waals surface area (Å²) in [6.07, 6.45) is 10.1. The van der Waals surface area contributed by atoms with E-state index in [9.17, 15) is 14.7 Å². The molecule has 7 atom stereocenters. The number of rotatable bonds is 6. The normalized spacial score (nSPS) is 38.2. The number of carbonyl (C=O) groups excluding carboxylic acids is 2. The summed E-state index contributed by atoms with van der Waals surface area (Å²) in [5.41, 5.74) is -0.497. The van der Waals surface area contributed by atoms with Crippen LogP contribution in [-0.4, -0.2) is 34.9 Å². The number of hydrogen-bond acceptors (Lipinski definition) is 5. The van der Waals surface area contributed by atoms with E-state index in [1.165, 1.54) is 0 Å². The van der Waals surface area contributed by atoms with Gasteiger partial charge in [0.25, 0.3) is 0 Å². The molecule has 0 radical (unpaired) electrons. The Kier molecular flexibility index (Phi) is 7.05. The van der Waals surface area contributed by atoms with Crippen molar-refractivity contribution in [2.75, 3.05) is 0 Å². The van der Waals surface area contributed by atoms with Gasteiger partial charge in [0.2, 0.25) is 0 Å². The first-order chi connectivity index (χ1) is 14.4. The number of ether oxygens (including phenoxy) is 2. The molecule has 0 aromatic heterocycles. The lowest BCUT2D eigenvalue weighted by molar-refractivity contribution is -0.167. The molecule has 1 fully saturated rings. The zero-order valence-electron chi connectivity index (χ0n) is 20.0. The summed E-state index contributed by atoms with van der Waals surface area (Å²) in [5, 5.41) is 10.8. The number of fused-ring (bicyclic) bond motifs is 1. The first-order valence-corrected chi connectivity index (χ1v) is 12.0. The fourth-order valence-corrected chi connectivity index (χ4v) is 5.33. The molecule has 1 saturated heterocycles. The lowest BCUT2D eigenvalue weighted by Crippen LogP contribution is -2.47. The molecule has 5 nitrogen and oxygen atoms in total. The SMILES string of the molecule is CCC(C)(C)C(=O)O[C@@H]1C[C@@](C)(O)C=C2C=C[C@@H](C)[C@@H](CC[C@@H]3C[C@H](C)CC(=O)O3)[C@@H]21. The molecular formula is C26H40O5. The molecule has 174 valence electrons. The third kappa shape index (κ3) is 5.60. The van der Waals surface area contributed by atoms with Crippen LogP contribution in [0.25, 0.3) is 0 Å². The molecule has 0 bridgehead atoms. The molecule has 0 unspecified atom stereocenters. The van der Waals surface area contributed by atoms with Gasteiger partial charge in [-0.3, -0.25) is 9.59 Å². The number of cyclic esters (lactones) is 1. The standard InChI is InChI=1S/C26H40O5/c1-7-25(4,5)24(28)31-21-15-26(6,29)14-18-9-8-17(3)20(23(18)21)11-10-19-12-16(2)13-22(27)30-19/h8-9,14,16-17,19-21,23,29H,7,10-13,15H2,1-6H3/t16-,17+,19+,20+,21+,23+,26-/m0/s1. The molecule has 1 N–H and O–H groups in total. The summed E-state index contributed by atoms with van der Waals surface area (Å²) in [6.45, 7) is 11.9. The van der Waals surface area contributed by atoms with E-state index in [-0.39, 0.29) is 36.0 Å². The summed E-state index contributed by atoms with van der Waals surface area (Å²) in [7, 11) is 0. The number of carbonyl (C=O) groups is 2. The fraction of sp³-hybridized carbons (Fsp3) is 0.769. The third-order valence-corrected chi connectivity index (χ3v) is 7.60. The smallest absolute Gasteiger partial charge is 0.311 e. The second-order valence-electron chi connectivity index (χ2n) is 11.0. The molecule has 5 heteroatoms. The van der Waals surface area contributed by atoms with Crippen molar-refractivity contribution in [3.8, 4) is 0 Å². The van der Waals surface area contributed by atoms with Crippen molar-refractivity contribution in [2.45, 2.75) is 97.9 Å². The zero-order valence-corrected chi connectivity index (χ0v) is 20.0. The van der Waals surface area contributed by atoms with Gasteiger partial charge in [0.1, 0.15) is 12.2 Å². The van der Waals surface area contributed by atoms with Gasteiger partial charge in [-0.1, -0.05) is 32.9 Å². The Balaban J connectivity index is 1.81. The van der Waals surface area contributed by atoms with Crippen molar-refractivity contribution < 1.29 is 24.2 Å². The van der Waals surface area contributed by atoms with Gasteiger partial charge in [0.15, 0.2) is 0 Å². The maximum absolute atomic E-state index is 12.9. The molecule has 3 rings (SSSR count). The molecule has 0 aromatic rings. The van der Waals surface area contributed by atoms with E-state index < -0.39 is 11.0 Å².